The maximum Gasteiger partial charge on any atom is 0.166 e. The molecule has 0 bridgehead atoms. The van der Waals surface area contributed by atoms with Crippen molar-refractivity contribution in [1.82, 2.24) is 9.97 Å². The number of hydrogen-bond acceptors (Lipinski definition) is 5. The maximum atomic E-state index is 14.2. The number of aromatic hydroxyl groups is 1. The maximum absolute atomic E-state index is 14.2. The van der Waals surface area contributed by atoms with Crippen molar-refractivity contribution < 1.29 is 24.4 Å². The lowest BCUT2D eigenvalue weighted by atomic mass is 9.99. The van der Waals surface area contributed by atoms with E-state index in [1.165, 1.54) is 18.5 Å². The fraction of sp³-hybridized carbons (Fsp3) is 0.188. The van der Waals surface area contributed by atoms with Gasteiger partial charge in [0.2, 0.25) is 0 Å². The zero-order valence-electron chi connectivity index (χ0n) is 12.3. The van der Waals surface area contributed by atoms with Gasteiger partial charge in [-0.3, -0.25) is 0 Å². The molecular formula is C16H14ClFN2O4. The van der Waals surface area contributed by atoms with Crippen molar-refractivity contribution in [3.05, 3.63) is 52.6 Å². The van der Waals surface area contributed by atoms with Crippen LogP contribution >= 0.6 is 11.6 Å². The molecule has 24 heavy (non-hydrogen) atoms. The fourth-order valence-electron chi connectivity index (χ4n) is 2.48. The molecular weight excluding hydrogens is 339 g/mol. The molecule has 0 aliphatic carbocycles. The second-order valence-electron chi connectivity index (χ2n) is 5.08. The average Bonchev–Trinajstić information content (AvgIpc) is 2.97. The molecule has 0 aliphatic rings. The van der Waals surface area contributed by atoms with E-state index in [1.807, 2.05) is 0 Å². The lowest BCUT2D eigenvalue weighted by Crippen LogP contribution is -2.06. The van der Waals surface area contributed by atoms with Gasteiger partial charge in [0, 0.05) is 23.3 Å². The molecule has 2 aromatic heterocycles. The highest BCUT2D eigenvalue weighted by Gasteiger charge is 2.25. The molecule has 6 nitrogen and oxygen atoms in total. The molecule has 0 saturated carbocycles. The summed E-state index contributed by atoms with van der Waals surface area (Å²) in [5, 5.41) is 30.5. The predicted molar refractivity (Wildman–Crippen MR) is 85.8 cm³/mol. The molecule has 1 aromatic carbocycles. The van der Waals surface area contributed by atoms with Crippen LogP contribution in [-0.4, -0.2) is 38.5 Å². The SMILES string of the molecule is OCCOc1ccc(F)c(C(O)c2c[nH]c3ncc(Cl)cc23)c1O. The van der Waals surface area contributed by atoms with Gasteiger partial charge in [0.15, 0.2) is 11.5 Å². The Labute approximate surface area is 141 Å². The summed E-state index contributed by atoms with van der Waals surface area (Å²) in [7, 11) is 0. The van der Waals surface area contributed by atoms with Crippen LogP contribution in [0.5, 0.6) is 11.5 Å². The first-order valence-electron chi connectivity index (χ1n) is 7.08. The van der Waals surface area contributed by atoms with Crippen LogP contribution < -0.4 is 4.74 Å². The summed E-state index contributed by atoms with van der Waals surface area (Å²) < 4.78 is 19.3. The molecule has 0 amide bonds. The third kappa shape index (κ3) is 2.89. The van der Waals surface area contributed by atoms with Crippen LogP contribution in [0.3, 0.4) is 0 Å². The second kappa shape index (κ2) is 6.64. The largest absolute Gasteiger partial charge is 0.504 e. The third-order valence-electron chi connectivity index (χ3n) is 3.57. The van der Waals surface area contributed by atoms with E-state index in [0.717, 1.165) is 6.07 Å². The number of pyridine rings is 1. The minimum atomic E-state index is -1.46. The molecule has 0 radical (unpaired) electrons. The van der Waals surface area contributed by atoms with Gasteiger partial charge in [-0.2, -0.15) is 0 Å². The number of hydrogen-bond donors (Lipinski definition) is 4. The molecule has 3 aromatic rings. The number of phenolic OH excluding ortho intramolecular Hbond substituents is 1. The third-order valence-corrected chi connectivity index (χ3v) is 3.78. The Kier molecular flexibility index (Phi) is 4.57. The first kappa shape index (κ1) is 16.5. The fourth-order valence-corrected chi connectivity index (χ4v) is 2.63. The van der Waals surface area contributed by atoms with E-state index in [0.29, 0.717) is 21.6 Å². The Morgan fingerprint density at radius 1 is 1.38 bits per heavy atom. The number of nitrogens with one attached hydrogen (secondary N) is 1. The van der Waals surface area contributed by atoms with Gasteiger partial charge in [0.1, 0.15) is 24.2 Å². The van der Waals surface area contributed by atoms with E-state index in [2.05, 4.69) is 9.97 Å². The second-order valence-corrected chi connectivity index (χ2v) is 5.51. The van der Waals surface area contributed by atoms with Gasteiger partial charge in [0.05, 0.1) is 17.2 Å². The number of phenols is 1. The number of halogens is 2. The molecule has 1 unspecified atom stereocenters. The Bertz CT molecular complexity index is 884. The van der Waals surface area contributed by atoms with E-state index in [-0.39, 0.29) is 24.5 Å². The molecule has 0 spiro atoms. The average molecular weight is 353 g/mol. The molecule has 126 valence electrons. The zero-order valence-corrected chi connectivity index (χ0v) is 13.1. The molecule has 2 heterocycles. The molecule has 0 fully saturated rings. The highest BCUT2D eigenvalue weighted by atomic mass is 35.5. The van der Waals surface area contributed by atoms with Gasteiger partial charge < -0.3 is 25.0 Å². The van der Waals surface area contributed by atoms with Crippen LogP contribution in [0.15, 0.2) is 30.6 Å². The number of rotatable bonds is 5. The highest BCUT2D eigenvalue weighted by molar-refractivity contribution is 6.31. The van der Waals surface area contributed by atoms with Gasteiger partial charge in [-0.15, -0.1) is 0 Å². The van der Waals surface area contributed by atoms with E-state index >= 15 is 0 Å². The smallest absolute Gasteiger partial charge is 0.166 e. The van der Waals surface area contributed by atoms with E-state index in [9.17, 15) is 14.6 Å². The molecule has 1 atom stereocenters. The van der Waals surface area contributed by atoms with Crippen molar-refractivity contribution in [2.45, 2.75) is 6.10 Å². The minimum absolute atomic E-state index is 0.0319. The number of H-pyrrole nitrogens is 1. The Hall–Kier alpha value is -2.35. The summed E-state index contributed by atoms with van der Waals surface area (Å²) in [4.78, 5) is 6.93. The summed E-state index contributed by atoms with van der Waals surface area (Å²) >= 11 is 5.92. The van der Waals surface area contributed by atoms with Crippen LogP contribution in [-0.2, 0) is 0 Å². The molecule has 4 N–H and O–H groups in total. The number of nitrogens with zero attached hydrogens (tertiary/aromatic N) is 1. The van der Waals surface area contributed by atoms with Crippen molar-refractivity contribution in [2.24, 2.45) is 0 Å². The first-order valence-corrected chi connectivity index (χ1v) is 7.46. The highest BCUT2D eigenvalue weighted by Crippen LogP contribution is 2.40. The van der Waals surface area contributed by atoms with Crippen molar-refractivity contribution in [3.63, 3.8) is 0 Å². The Morgan fingerprint density at radius 3 is 2.92 bits per heavy atom. The van der Waals surface area contributed by atoms with E-state index < -0.39 is 17.7 Å². The Balaban J connectivity index is 2.08. The minimum Gasteiger partial charge on any atom is -0.504 e. The molecule has 0 saturated heterocycles. The van der Waals surface area contributed by atoms with E-state index in [1.54, 1.807) is 6.07 Å². The van der Waals surface area contributed by atoms with Crippen molar-refractivity contribution >= 4 is 22.6 Å². The quantitative estimate of drug-likeness (QED) is 0.565. The Morgan fingerprint density at radius 2 is 2.17 bits per heavy atom. The number of aromatic nitrogens is 2. The number of benzene rings is 1. The van der Waals surface area contributed by atoms with Crippen LogP contribution in [0.2, 0.25) is 5.02 Å². The molecule has 0 aliphatic heterocycles. The summed E-state index contributed by atoms with van der Waals surface area (Å²) in [5.41, 5.74) is 0.459. The number of aliphatic hydroxyl groups is 2. The normalized spacial score (nSPS) is 12.5. The van der Waals surface area contributed by atoms with E-state index in [4.69, 9.17) is 21.4 Å². The standard InChI is InChI=1S/C16H14ClFN2O4/c17-8-5-9-10(7-20-16(9)19-6-8)14(22)13-11(18)1-2-12(15(13)23)24-4-3-21/h1-2,5-7,14,21-23H,3-4H2,(H,19,20). The number of fused-ring (bicyclic) bond motifs is 1. The van der Waals surface area contributed by atoms with Gasteiger partial charge in [-0.1, -0.05) is 11.6 Å². The lowest BCUT2D eigenvalue weighted by Gasteiger charge is -2.16. The predicted octanol–water partition coefficient (Wildman–Crippen LogP) is 2.51. The summed E-state index contributed by atoms with van der Waals surface area (Å²) in [5.74, 6) is -1.35. The molecule has 8 heteroatoms. The summed E-state index contributed by atoms with van der Waals surface area (Å²) in [6.07, 6.45) is 1.45. The van der Waals surface area contributed by atoms with Gasteiger partial charge >= 0.3 is 0 Å². The van der Waals surface area contributed by atoms with Crippen LogP contribution in [0, 0.1) is 5.82 Å². The van der Waals surface area contributed by atoms with Crippen LogP contribution in [0.1, 0.15) is 17.2 Å². The van der Waals surface area contributed by atoms with Crippen molar-refractivity contribution in [3.8, 4) is 11.5 Å². The van der Waals surface area contributed by atoms with Gasteiger partial charge in [-0.05, 0) is 18.2 Å². The van der Waals surface area contributed by atoms with Gasteiger partial charge in [-0.25, -0.2) is 9.37 Å². The first-order chi connectivity index (χ1) is 11.5. The number of aromatic amines is 1. The van der Waals surface area contributed by atoms with Gasteiger partial charge in [0.25, 0.3) is 0 Å². The zero-order chi connectivity index (χ0) is 17.3. The van der Waals surface area contributed by atoms with Crippen LogP contribution in [0.4, 0.5) is 4.39 Å². The monoisotopic (exact) mass is 352 g/mol. The lowest BCUT2D eigenvalue weighted by molar-refractivity contribution is 0.190. The number of ether oxygens (including phenoxy) is 1. The topological polar surface area (TPSA) is 98.6 Å². The summed E-state index contributed by atoms with van der Waals surface area (Å²) in [6, 6.07) is 3.88. The molecule has 3 rings (SSSR count). The summed E-state index contributed by atoms with van der Waals surface area (Å²) in [6.45, 7) is -0.331. The van der Waals surface area contributed by atoms with Crippen LogP contribution in [0.25, 0.3) is 11.0 Å². The van der Waals surface area contributed by atoms with Crippen molar-refractivity contribution in [2.75, 3.05) is 13.2 Å². The number of aliphatic hydroxyl groups excluding tert-OH is 2. The van der Waals surface area contributed by atoms with Crippen molar-refractivity contribution in [1.29, 1.82) is 0 Å².